The van der Waals surface area contributed by atoms with Gasteiger partial charge in [-0.15, -0.1) is 6.58 Å². The van der Waals surface area contributed by atoms with Crippen molar-refractivity contribution in [2.24, 2.45) is 5.92 Å². The second kappa shape index (κ2) is 4.30. The summed E-state index contributed by atoms with van der Waals surface area (Å²) in [5.41, 5.74) is 2.73. The van der Waals surface area contributed by atoms with E-state index in [1.54, 1.807) is 0 Å². The summed E-state index contributed by atoms with van der Waals surface area (Å²) in [6, 6.07) is 0. The Morgan fingerprint density at radius 3 is 2.83 bits per heavy atom. The zero-order chi connectivity index (χ0) is 8.97. The average molecular weight is 162 g/mol. The fourth-order valence-corrected chi connectivity index (χ4v) is 1.56. The van der Waals surface area contributed by atoms with E-state index in [1.807, 2.05) is 6.08 Å². The molecule has 0 heteroatoms. The second-order valence-corrected chi connectivity index (χ2v) is 3.52. The van der Waals surface area contributed by atoms with Crippen molar-refractivity contribution < 1.29 is 0 Å². The molecule has 0 aromatic carbocycles. The Morgan fingerprint density at radius 2 is 2.33 bits per heavy atom. The molecule has 0 nitrogen and oxygen atoms in total. The molecule has 0 N–H and O–H groups in total. The van der Waals surface area contributed by atoms with Gasteiger partial charge in [-0.1, -0.05) is 25.7 Å². The van der Waals surface area contributed by atoms with Gasteiger partial charge >= 0.3 is 0 Å². The SMILES string of the molecule is C=CC(C)C(=C)C1=CCCCC1. The molecule has 0 spiro atoms. The summed E-state index contributed by atoms with van der Waals surface area (Å²) < 4.78 is 0. The summed E-state index contributed by atoms with van der Waals surface area (Å²) in [6.45, 7) is 10.1. The standard InChI is InChI=1S/C12H18/c1-4-10(2)11(3)12-8-6-5-7-9-12/h4,8,10H,1,3,5-7,9H2,2H3. The molecule has 1 atom stereocenters. The quantitative estimate of drug-likeness (QED) is 0.553. The minimum absolute atomic E-state index is 0.439. The number of allylic oxidation sites excluding steroid dienone is 4. The Bertz CT molecular complexity index is 208. The topological polar surface area (TPSA) is 0 Å². The zero-order valence-corrected chi connectivity index (χ0v) is 7.97. The van der Waals surface area contributed by atoms with Crippen molar-refractivity contribution in [2.75, 3.05) is 0 Å². The number of hydrogen-bond donors (Lipinski definition) is 0. The molecule has 0 aliphatic heterocycles. The lowest BCUT2D eigenvalue weighted by Crippen LogP contribution is -2.01. The van der Waals surface area contributed by atoms with Gasteiger partial charge < -0.3 is 0 Å². The lowest BCUT2D eigenvalue weighted by Gasteiger charge is -2.17. The minimum Gasteiger partial charge on any atom is -0.102 e. The van der Waals surface area contributed by atoms with Gasteiger partial charge in [-0.2, -0.15) is 0 Å². The zero-order valence-electron chi connectivity index (χ0n) is 7.97. The molecule has 0 saturated carbocycles. The van der Waals surface area contributed by atoms with Gasteiger partial charge in [-0.3, -0.25) is 0 Å². The van der Waals surface area contributed by atoms with Crippen molar-refractivity contribution in [2.45, 2.75) is 32.6 Å². The van der Waals surface area contributed by atoms with E-state index in [-0.39, 0.29) is 0 Å². The highest BCUT2D eigenvalue weighted by Crippen LogP contribution is 2.27. The Balaban J connectivity index is 2.62. The fourth-order valence-electron chi connectivity index (χ4n) is 1.56. The van der Waals surface area contributed by atoms with Crippen LogP contribution in [0.1, 0.15) is 32.6 Å². The molecule has 0 aromatic rings. The molecule has 0 heterocycles. The van der Waals surface area contributed by atoms with Gasteiger partial charge in [0.25, 0.3) is 0 Å². The number of rotatable bonds is 3. The summed E-state index contributed by atoms with van der Waals surface area (Å²) >= 11 is 0. The van der Waals surface area contributed by atoms with Crippen LogP contribution in [0.3, 0.4) is 0 Å². The van der Waals surface area contributed by atoms with Crippen molar-refractivity contribution >= 4 is 0 Å². The molecule has 1 aliphatic carbocycles. The van der Waals surface area contributed by atoms with E-state index in [2.05, 4.69) is 26.2 Å². The monoisotopic (exact) mass is 162 g/mol. The molecule has 1 aliphatic rings. The molecule has 0 aromatic heterocycles. The van der Waals surface area contributed by atoms with E-state index >= 15 is 0 Å². The third-order valence-electron chi connectivity index (χ3n) is 2.61. The van der Waals surface area contributed by atoms with Gasteiger partial charge in [0.2, 0.25) is 0 Å². The normalized spacial score (nSPS) is 19.6. The molecule has 0 amide bonds. The predicted molar refractivity (Wildman–Crippen MR) is 55.1 cm³/mol. The third-order valence-corrected chi connectivity index (χ3v) is 2.61. The van der Waals surface area contributed by atoms with E-state index in [1.165, 1.54) is 36.8 Å². The first-order chi connectivity index (χ1) is 5.75. The average Bonchev–Trinajstić information content (AvgIpc) is 2.17. The van der Waals surface area contributed by atoms with E-state index in [4.69, 9.17) is 0 Å². The second-order valence-electron chi connectivity index (χ2n) is 3.52. The molecule has 66 valence electrons. The molecular weight excluding hydrogens is 144 g/mol. The molecule has 1 rings (SSSR count). The molecular formula is C12H18. The molecule has 0 saturated heterocycles. The molecule has 0 fully saturated rings. The van der Waals surface area contributed by atoms with Crippen LogP contribution >= 0.6 is 0 Å². The first-order valence-corrected chi connectivity index (χ1v) is 4.76. The highest BCUT2D eigenvalue weighted by molar-refractivity contribution is 5.32. The van der Waals surface area contributed by atoms with Crippen molar-refractivity contribution in [1.29, 1.82) is 0 Å². The maximum atomic E-state index is 4.11. The van der Waals surface area contributed by atoms with Crippen LogP contribution in [0.25, 0.3) is 0 Å². The van der Waals surface area contributed by atoms with Gasteiger partial charge in [-0.25, -0.2) is 0 Å². The Kier molecular flexibility index (Phi) is 3.33. The van der Waals surface area contributed by atoms with Gasteiger partial charge in [0, 0.05) is 0 Å². The van der Waals surface area contributed by atoms with Gasteiger partial charge in [0.05, 0.1) is 0 Å². The summed E-state index contributed by atoms with van der Waals surface area (Å²) in [5, 5.41) is 0. The van der Waals surface area contributed by atoms with Crippen molar-refractivity contribution in [3.8, 4) is 0 Å². The smallest absolute Gasteiger partial charge is 0.00164 e. The largest absolute Gasteiger partial charge is 0.102 e. The van der Waals surface area contributed by atoms with Crippen molar-refractivity contribution in [3.63, 3.8) is 0 Å². The van der Waals surface area contributed by atoms with Crippen LogP contribution in [0.5, 0.6) is 0 Å². The lowest BCUT2D eigenvalue weighted by atomic mass is 9.88. The molecule has 0 bridgehead atoms. The van der Waals surface area contributed by atoms with Crippen LogP contribution < -0.4 is 0 Å². The predicted octanol–water partition coefficient (Wildman–Crippen LogP) is 3.87. The fraction of sp³-hybridized carbons (Fsp3) is 0.500. The van der Waals surface area contributed by atoms with Crippen LogP contribution in [-0.4, -0.2) is 0 Å². The number of hydrogen-bond acceptors (Lipinski definition) is 0. The minimum atomic E-state index is 0.439. The van der Waals surface area contributed by atoms with Gasteiger partial charge in [0.15, 0.2) is 0 Å². The molecule has 1 unspecified atom stereocenters. The Morgan fingerprint density at radius 1 is 1.58 bits per heavy atom. The highest BCUT2D eigenvalue weighted by Gasteiger charge is 2.10. The van der Waals surface area contributed by atoms with Gasteiger partial charge in [-0.05, 0) is 42.7 Å². The highest BCUT2D eigenvalue weighted by atomic mass is 14.2. The summed E-state index contributed by atoms with van der Waals surface area (Å²) in [5.74, 6) is 0.439. The maximum absolute atomic E-state index is 4.11. The Hall–Kier alpha value is -0.780. The maximum Gasteiger partial charge on any atom is -0.00164 e. The summed E-state index contributed by atoms with van der Waals surface area (Å²) in [6.07, 6.45) is 9.44. The van der Waals surface area contributed by atoms with E-state index in [0.717, 1.165) is 0 Å². The van der Waals surface area contributed by atoms with E-state index < -0.39 is 0 Å². The van der Waals surface area contributed by atoms with Crippen molar-refractivity contribution in [3.05, 3.63) is 36.5 Å². The Labute approximate surface area is 75.7 Å². The molecule has 0 radical (unpaired) electrons. The third kappa shape index (κ3) is 2.10. The first-order valence-electron chi connectivity index (χ1n) is 4.76. The van der Waals surface area contributed by atoms with E-state index in [0.29, 0.717) is 5.92 Å². The van der Waals surface area contributed by atoms with Crippen LogP contribution in [0.15, 0.2) is 36.5 Å². The summed E-state index contributed by atoms with van der Waals surface area (Å²) in [7, 11) is 0. The van der Waals surface area contributed by atoms with Crippen LogP contribution in [0.2, 0.25) is 0 Å². The lowest BCUT2D eigenvalue weighted by molar-refractivity contribution is 0.691. The van der Waals surface area contributed by atoms with Gasteiger partial charge in [0.1, 0.15) is 0 Å². The van der Waals surface area contributed by atoms with Crippen molar-refractivity contribution in [1.82, 2.24) is 0 Å². The van der Waals surface area contributed by atoms with Crippen LogP contribution in [0.4, 0.5) is 0 Å². The summed E-state index contributed by atoms with van der Waals surface area (Å²) in [4.78, 5) is 0. The molecule has 12 heavy (non-hydrogen) atoms. The first kappa shape index (κ1) is 9.31. The van der Waals surface area contributed by atoms with Crippen LogP contribution in [0, 0.1) is 5.92 Å². The van der Waals surface area contributed by atoms with Crippen LogP contribution in [-0.2, 0) is 0 Å². The van der Waals surface area contributed by atoms with E-state index in [9.17, 15) is 0 Å².